The molecule has 0 aliphatic carbocycles. The Morgan fingerprint density at radius 3 is 1.26 bits per heavy atom. The molecule has 0 amide bonds. The van der Waals surface area contributed by atoms with Crippen LogP contribution < -0.4 is 0 Å². The highest BCUT2D eigenvalue weighted by molar-refractivity contribution is 5.69. The van der Waals surface area contributed by atoms with E-state index in [1.807, 2.05) is 0 Å². The van der Waals surface area contributed by atoms with Gasteiger partial charge in [0.25, 0.3) is 0 Å². The van der Waals surface area contributed by atoms with E-state index in [9.17, 15) is 4.79 Å². The Morgan fingerprint density at radius 2 is 0.800 bits per heavy atom. The first-order valence-electron chi connectivity index (χ1n) is 16.1. The van der Waals surface area contributed by atoms with E-state index in [0.717, 1.165) is 12.8 Å². The zero-order valence-electron chi connectivity index (χ0n) is 24.3. The lowest BCUT2D eigenvalue weighted by Crippen LogP contribution is -2.05. The first kappa shape index (κ1) is 34.2. The average molecular weight is 493 g/mol. The molecular weight excluding hydrogens is 428 g/mol. The molecule has 0 aromatic carbocycles. The van der Waals surface area contributed by atoms with Crippen LogP contribution in [0.3, 0.4) is 0 Å². The van der Waals surface area contributed by atoms with Gasteiger partial charge in [0.2, 0.25) is 0 Å². The number of rotatable bonds is 29. The Kier molecular flexibility index (Phi) is 30.5. The summed E-state index contributed by atoms with van der Waals surface area (Å²) in [4.78, 5) is 11.9. The summed E-state index contributed by atoms with van der Waals surface area (Å²) in [6, 6.07) is 0. The zero-order valence-corrected chi connectivity index (χ0v) is 24.3. The SMILES string of the molecule is CCCCCCC=CCCCCCCCCC(=O)OCCCCCCCCCCCCCCCC. The highest BCUT2D eigenvalue weighted by Crippen LogP contribution is 2.13. The number of carbonyl (C=O) groups is 1. The Hall–Kier alpha value is -0.790. The number of hydrogen-bond donors (Lipinski definition) is 0. The zero-order chi connectivity index (χ0) is 25.5. The normalized spacial score (nSPS) is 11.5. The van der Waals surface area contributed by atoms with Crippen LogP contribution in [-0.4, -0.2) is 12.6 Å². The molecule has 0 aliphatic heterocycles. The Bertz CT molecular complexity index is 429. The van der Waals surface area contributed by atoms with E-state index in [2.05, 4.69) is 26.0 Å². The van der Waals surface area contributed by atoms with Gasteiger partial charge in [0.1, 0.15) is 0 Å². The summed E-state index contributed by atoms with van der Waals surface area (Å²) in [5.74, 6) is 0.0174. The van der Waals surface area contributed by atoms with E-state index < -0.39 is 0 Å². The van der Waals surface area contributed by atoms with Gasteiger partial charge in [0.05, 0.1) is 6.61 Å². The van der Waals surface area contributed by atoms with E-state index in [4.69, 9.17) is 4.74 Å². The molecule has 0 saturated heterocycles. The van der Waals surface area contributed by atoms with Crippen molar-refractivity contribution in [2.45, 2.75) is 187 Å². The maximum atomic E-state index is 11.9. The van der Waals surface area contributed by atoms with Crippen molar-refractivity contribution >= 4 is 5.97 Å². The van der Waals surface area contributed by atoms with E-state index in [1.54, 1.807) is 0 Å². The van der Waals surface area contributed by atoms with Crippen molar-refractivity contribution in [1.82, 2.24) is 0 Å². The fraction of sp³-hybridized carbons (Fsp3) is 0.909. The molecular formula is C33H64O2. The van der Waals surface area contributed by atoms with Crippen LogP contribution in [0.15, 0.2) is 12.2 Å². The van der Waals surface area contributed by atoms with Crippen molar-refractivity contribution in [3.05, 3.63) is 12.2 Å². The average Bonchev–Trinajstić information content (AvgIpc) is 2.86. The van der Waals surface area contributed by atoms with Gasteiger partial charge in [-0.3, -0.25) is 4.79 Å². The molecule has 0 saturated carbocycles. The first-order valence-corrected chi connectivity index (χ1v) is 16.1. The quantitative estimate of drug-likeness (QED) is 0.0589. The van der Waals surface area contributed by atoms with Gasteiger partial charge >= 0.3 is 5.97 Å². The van der Waals surface area contributed by atoms with Gasteiger partial charge in [-0.05, 0) is 38.5 Å². The number of unbranched alkanes of at least 4 members (excludes halogenated alkanes) is 23. The maximum Gasteiger partial charge on any atom is 0.305 e. The first-order chi connectivity index (χ1) is 17.3. The summed E-state index contributed by atoms with van der Waals surface area (Å²) in [5.41, 5.74) is 0. The van der Waals surface area contributed by atoms with Crippen LogP contribution in [0.5, 0.6) is 0 Å². The molecule has 0 rings (SSSR count). The Labute approximate surface area is 221 Å². The Morgan fingerprint density at radius 1 is 0.457 bits per heavy atom. The largest absolute Gasteiger partial charge is 0.466 e. The topological polar surface area (TPSA) is 26.3 Å². The maximum absolute atomic E-state index is 11.9. The van der Waals surface area contributed by atoms with E-state index in [0.29, 0.717) is 13.0 Å². The van der Waals surface area contributed by atoms with Gasteiger partial charge in [-0.2, -0.15) is 0 Å². The summed E-state index contributed by atoms with van der Waals surface area (Å²) in [6.07, 6.45) is 39.7. The molecule has 0 aliphatic rings. The minimum atomic E-state index is 0.0174. The molecule has 0 spiro atoms. The predicted molar refractivity (Wildman–Crippen MR) is 156 cm³/mol. The summed E-state index contributed by atoms with van der Waals surface area (Å²) >= 11 is 0. The van der Waals surface area contributed by atoms with Gasteiger partial charge in [-0.25, -0.2) is 0 Å². The molecule has 35 heavy (non-hydrogen) atoms. The third-order valence-electron chi connectivity index (χ3n) is 7.15. The third kappa shape index (κ3) is 31.2. The summed E-state index contributed by atoms with van der Waals surface area (Å²) in [7, 11) is 0. The molecule has 0 radical (unpaired) electrons. The van der Waals surface area contributed by atoms with Crippen LogP contribution in [0.25, 0.3) is 0 Å². The highest BCUT2D eigenvalue weighted by atomic mass is 16.5. The van der Waals surface area contributed by atoms with E-state index in [-0.39, 0.29) is 5.97 Å². The van der Waals surface area contributed by atoms with Crippen LogP contribution >= 0.6 is 0 Å². The van der Waals surface area contributed by atoms with Gasteiger partial charge in [-0.15, -0.1) is 0 Å². The molecule has 0 bridgehead atoms. The lowest BCUT2D eigenvalue weighted by Gasteiger charge is -2.05. The summed E-state index contributed by atoms with van der Waals surface area (Å²) in [6.45, 7) is 5.18. The summed E-state index contributed by atoms with van der Waals surface area (Å²) in [5, 5.41) is 0. The van der Waals surface area contributed by atoms with Crippen molar-refractivity contribution < 1.29 is 9.53 Å². The second kappa shape index (κ2) is 31.2. The van der Waals surface area contributed by atoms with Gasteiger partial charge in [-0.1, -0.05) is 154 Å². The van der Waals surface area contributed by atoms with Crippen molar-refractivity contribution in [2.24, 2.45) is 0 Å². The number of hydrogen-bond acceptors (Lipinski definition) is 2. The second-order valence-corrected chi connectivity index (χ2v) is 10.8. The monoisotopic (exact) mass is 492 g/mol. The second-order valence-electron chi connectivity index (χ2n) is 10.8. The molecule has 0 aromatic rings. The van der Waals surface area contributed by atoms with Crippen LogP contribution in [0.2, 0.25) is 0 Å². The van der Waals surface area contributed by atoms with Crippen LogP contribution in [-0.2, 0) is 9.53 Å². The molecule has 0 aromatic heterocycles. The predicted octanol–water partition coefficient (Wildman–Crippen LogP) is 11.7. The Balaban J connectivity index is 3.18. The molecule has 0 fully saturated rings. The third-order valence-corrected chi connectivity index (χ3v) is 7.15. The highest BCUT2D eigenvalue weighted by Gasteiger charge is 2.02. The molecule has 0 atom stereocenters. The van der Waals surface area contributed by atoms with Gasteiger partial charge < -0.3 is 4.74 Å². The van der Waals surface area contributed by atoms with Gasteiger partial charge in [0.15, 0.2) is 0 Å². The van der Waals surface area contributed by atoms with E-state index in [1.165, 1.54) is 154 Å². The number of allylic oxidation sites excluding steroid dienone is 2. The minimum absolute atomic E-state index is 0.0174. The van der Waals surface area contributed by atoms with Crippen molar-refractivity contribution in [3.8, 4) is 0 Å². The van der Waals surface area contributed by atoms with Crippen LogP contribution in [0, 0.1) is 0 Å². The van der Waals surface area contributed by atoms with Crippen LogP contribution in [0.1, 0.15) is 187 Å². The van der Waals surface area contributed by atoms with Crippen LogP contribution in [0.4, 0.5) is 0 Å². The standard InChI is InChI=1S/C33H64O2/c1-3-5-7-9-11-13-15-17-19-21-23-25-27-29-31-33(34)35-32-30-28-26-24-22-20-18-16-14-12-10-8-6-4-2/h13,15H,3-12,14,16-32H2,1-2H3. The lowest BCUT2D eigenvalue weighted by atomic mass is 10.0. The van der Waals surface area contributed by atoms with Crippen molar-refractivity contribution in [2.75, 3.05) is 6.61 Å². The van der Waals surface area contributed by atoms with Crippen molar-refractivity contribution in [1.29, 1.82) is 0 Å². The minimum Gasteiger partial charge on any atom is -0.466 e. The number of carbonyl (C=O) groups excluding carboxylic acids is 1. The molecule has 208 valence electrons. The number of esters is 1. The van der Waals surface area contributed by atoms with Crippen molar-refractivity contribution in [3.63, 3.8) is 0 Å². The molecule has 2 heteroatoms. The lowest BCUT2D eigenvalue weighted by molar-refractivity contribution is -0.143. The fourth-order valence-corrected chi connectivity index (χ4v) is 4.72. The molecule has 0 heterocycles. The van der Waals surface area contributed by atoms with Gasteiger partial charge in [0, 0.05) is 6.42 Å². The molecule has 0 N–H and O–H groups in total. The summed E-state index contributed by atoms with van der Waals surface area (Å²) < 4.78 is 5.42. The fourth-order valence-electron chi connectivity index (χ4n) is 4.72. The number of ether oxygens (including phenoxy) is 1. The molecule has 2 nitrogen and oxygen atoms in total. The van der Waals surface area contributed by atoms with E-state index >= 15 is 0 Å². The smallest absolute Gasteiger partial charge is 0.305 e. The molecule has 0 unspecified atom stereocenters.